The maximum absolute atomic E-state index is 11.3. The van der Waals surface area contributed by atoms with Crippen molar-refractivity contribution in [2.45, 2.75) is 6.42 Å². The molecule has 1 aromatic carbocycles. The van der Waals surface area contributed by atoms with Crippen LogP contribution in [0.5, 0.6) is 0 Å². The van der Waals surface area contributed by atoms with Gasteiger partial charge in [0, 0.05) is 5.69 Å². The summed E-state index contributed by atoms with van der Waals surface area (Å²) in [6.45, 7) is -0.373. The molecule has 0 radical (unpaired) electrons. The Morgan fingerprint density at radius 2 is 1.94 bits per heavy atom. The molecule has 0 fully saturated rings. The van der Waals surface area contributed by atoms with Gasteiger partial charge < -0.3 is 15.2 Å². The standard InChI is InChI=1S/C11H13NO4/c1-15-11(14)7-16-10(13)6-8-4-2-3-5-9(8)12/h2-5H,6-7,12H2,1H3. The van der Waals surface area contributed by atoms with Crippen molar-refractivity contribution in [2.75, 3.05) is 19.5 Å². The first-order valence-corrected chi connectivity index (χ1v) is 4.69. The Morgan fingerprint density at radius 1 is 1.25 bits per heavy atom. The first-order valence-electron chi connectivity index (χ1n) is 4.69. The van der Waals surface area contributed by atoms with Crippen molar-refractivity contribution in [3.05, 3.63) is 29.8 Å². The Hall–Kier alpha value is -2.04. The van der Waals surface area contributed by atoms with Crippen LogP contribution in [0.15, 0.2) is 24.3 Å². The van der Waals surface area contributed by atoms with Crippen LogP contribution in [0.4, 0.5) is 5.69 Å². The lowest BCUT2D eigenvalue weighted by molar-refractivity contribution is -0.156. The number of anilines is 1. The SMILES string of the molecule is COC(=O)COC(=O)Cc1ccccc1N. The van der Waals surface area contributed by atoms with Crippen LogP contribution in [0.1, 0.15) is 5.56 Å². The van der Waals surface area contributed by atoms with Gasteiger partial charge in [-0.2, -0.15) is 0 Å². The third-order valence-corrected chi connectivity index (χ3v) is 1.97. The summed E-state index contributed by atoms with van der Waals surface area (Å²) >= 11 is 0. The Balaban J connectivity index is 2.46. The molecule has 1 rings (SSSR count). The van der Waals surface area contributed by atoms with Crippen molar-refractivity contribution in [2.24, 2.45) is 0 Å². The highest BCUT2D eigenvalue weighted by Crippen LogP contribution is 2.11. The van der Waals surface area contributed by atoms with E-state index in [1.54, 1.807) is 24.3 Å². The summed E-state index contributed by atoms with van der Waals surface area (Å²) in [6.07, 6.45) is 0.0453. The molecular weight excluding hydrogens is 210 g/mol. The monoisotopic (exact) mass is 223 g/mol. The van der Waals surface area contributed by atoms with E-state index in [0.717, 1.165) is 0 Å². The lowest BCUT2D eigenvalue weighted by Gasteiger charge is -2.05. The minimum Gasteiger partial charge on any atom is -0.466 e. The van der Waals surface area contributed by atoms with E-state index in [9.17, 15) is 9.59 Å². The van der Waals surface area contributed by atoms with E-state index in [2.05, 4.69) is 9.47 Å². The van der Waals surface area contributed by atoms with Gasteiger partial charge in [0.2, 0.25) is 0 Å². The van der Waals surface area contributed by atoms with Gasteiger partial charge in [-0.15, -0.1) is 0 Å². The number of para-hydroxylation sites is 1. The minimum absolute atomic E-state index is 0.0453. The van der Waals surface area contributed by atoms with E-state index in [-0.39, 0.29) is 13.0 Å². The quantitative estimate of drug-likeness (QED) is 0.595. The summed E-state index contributed by atoms with van der Waals surface area (Å²) in [7, 11) is 1.23. The predicted octanol–water partition coefficient (Wildman–Crippen LogP) is 0.527. The summed E-state index contributed by atoms with van der Waals surface area (Å²) in [6, 6.07) is 6.98. The van der Waals surface area contributed by atoms with Crippen LogP contribution in [0, 0.1) is 0 Å². The number of methoxy groups -OCH3 is 1. The molecule has 5 nitrogen and oxygen atoms in total. The third kappa shape index (κ3) is 3.61. The summed E-state index contributed by atoms with van der Waals surface area (Å²) in [5, 5.41) is 0. The van der Waals surface area contributed by atoms with Gasteiger partial charge in [0.25, 0.3) is 0 Å². The van der Waals surface area contributed by atoms with Gasteiger partial charge in [-0.1, -0.05) is 18.2 Å². The molecule has 0 heterocycles. The predicted molar refractivity (Wildman–Crippen MR) is 57.5 cm³/mol. The van der Waals surface area contributed by atoms with E-state index in [1.165, 1.54) is 7.11 Å². The molecular formula is C11H13NO4. The fraction of sp³-hybridized carbons (Fsp3) is 0.273. The second-order valence-corrected chi connectivity index (χ2v) is 3.11. The number of hydrogen-bond acceptors (Lipinski definition) is 5. The molecule has 0 aliphatic heterocycles. The molecule has 0 atom stereocenters. The van der Waals surface area contributed by atoms with Crippen molar-refractivity contribution in [1.82, 2.24) is 0 Å². The van der Waals surface area contributed by atoms with Crippen molar-refractivity contribution >= 4 is 17.6 Å². The van der Waals surface area contributed by atoms with Crippen LogP contribution in [-0.4, -0.2) is 25.7 Å². The van der Waals surface area contributed by atoms with Crippen LogP contribution in [-0.2, 0) is 25.5 Å². The number of carbonyl (C=O) groups is 2. The average molecular weight is 223 g/mol. The molecule has 0 saturated heterocycles. The van der Waals surface area contributed by atoms with Gasteiger partial charge >= 0.3 is 11.9 Å². The zero-order chi connectivity index (χ0) is 12.0. The van der Waals surface area contributed by atoms with Gasteiger partial charge in [0.15, 0.2) is 6.61 Å². The Kier molecular flexibility index (Phi) is 4.32. The van der Waals surface area contributed by atoms with E-state index in [1.807, 2.05) is 0 Å². The first kappa shape index (κ1) is 12.0. The molecule has 0 aliphatic carbocycles. The smallest absolute Gasteiger partial charge is 0.344 e. The highest BCUT2D eigenvalue weighted by molar-refractivity contribution is 5.78. The number of nitrogen functional groups attached to an aromatic ring is 1. The topological polar surface area (TPSA) is 78.6 Å². The number of ether oxygens (including phenoxy) is 2. The fourth-order valence-electron chi connectivity index (χ4n) is 1.10. The molecule has 0 aliphatic rings. The maximum Gasteiger partial charge on any atom is 0.344 e. The summed E-state index contributed by atoms with van der Waals surface area (Å²) < 4.78 is 9.02. The number of carbonyl (C=O) groups excluding carboxylic acids is 2. The molecule has 1 aromatic rings. The molecule has 16 heavy (non-hydrogen) atoms. The third-order valence-electron chi connectivity index (χ3n) is 1.97. The molecule has 2 N–H and O–H groups in total. The van der Waals surface area contributed by atoms with Crippen LogP contribution >= 0.6 is 0 Å². The van der Waals surface area contributed by atoms with Crippen molar-refractivity contribution < 1.29 is 19.1 Å². The number of benzene rings is 1. The van der Waals surface area contributed by atoms with Crippen molar-refractivity contribution in [1.29, 1.82) is 0 Å². The van der Waals surface area contributed by atoms with Gasteiger partial charge in [0.05, 0.1) is 13.5 Å². The van der Waals surface area contributed by atoms with Crippen LogP contribution < -0.4 is 5.73 Å². The summed E-state index contributed by atoms with van der Waals surface area (Å²) in [4.78, 5) is 22.0. The molecule has 0 amide bonds. The van der Waals surface area contributed by atoms with E-state index >= 15 is 0 Å². The van der Waals surface area contributed by atoms with Gasteiger partial charge in [-0.25, -0.2) is 4.79 Å². The van der Waals surface area contributed by atoms with E-state index in [0.29, 0.717) is 11.3 Å². The number of hydrogen-bond donors (Lipinski definition) is 1. The van der Waals surface area contributed by atoms with Gasteiger partial charge in [0.1, 0.15) is 0 Å². The Morgan fingerprint density at radius 3 is 2.56 bits per heavy atom. The Labute approximate surface area is 93.1 Å². The summed E-state index contributed by atoms with van der Waals surface area (Å²) in [5.74, 6) is -1.10. The van der Waals surface area contributed by atoms with Crippen LogP contribution in [0.3, 0.4) is 0 Å². The number of esters is 2. The first-order chi connectivity index (χ1) is 7.63. The largest absolute Gasteiger partial charge is 0.466 e. The van der Waals surface area contributed by atoms with Crippen molar-refractivity contribution in [3.8, 4) is 0 Å². The van der Waals surface area contributed by atoms with E-state index in [4.69, 9.17) is 5.73 Å². The molecule has 86 valence electrons. The number of rotatable bonds is 4. The summed E-state index contributed by atoms with van der Waals surface area (Å²) in [5.41, 5.74) is 6.86. The van der Waals surface area contributed by atoms with Crippen molar-refractivity contribution in [3.63, 3.8) is 0 Å². The zero-order valence-corrected chi connectivity index (χ0v) is 8.93. The molecule has 5 heteroatoms. The average Bonchev–Trinajstić information content (AvgIpc) is 2.29. The maximum atomic E-state index is 11.3. The van der Waals surface area contributed by atoms with Gasteiger partial charge in [-0.3, -0.25) is 4.79 Å². The molecule has 0 unspecified atom stereocenters. The Bertz CT molecular complexity index is 389. The second kappa shape index (κ2) is 5.75. The highest BCUT2D eigenvalue weighted by Gasteiger charge is 2.09. The second-order valence-electron chi connectivity index (χ2n) is 3.11. The normalized spacial score (nSPS) is 9.56. The van der Waals surface area contributed by atoms with E-state index < -0.39 is 11.9 Å². The fourth-order valence-corrected chi connectivity index (χ4v) is 1.10. The molecule has 0 saturated carbocycles. The molecule has 0 spiro atoms. The van der Waals surface area contributed by atoms with Gasteiger partial charge in [-0.05, 0) is 11.6 Å². The highest BCUT2D eigenvalue weighted by atomic mass is 16.6. The molecule has 0 bridgehead atoms. The molecule has 0 aromatic heterocycles. The lowest BCUT2D eigenvalue weighted by Crippen LogP contribution is -2.16. The number of nitrogens with two attached hydrogens (primary N) is 1. The lowest BCUT2D eigenvalue weighted by atomic mass is 10.1. The minimum atomic E-state index is -0.589. The zero-order valence-electron chi connectivity index (χ0n) is 8.93. The van der Waals surface area contributed by atoms with Crippen LogP contribution in [0.25, 0.3) is 0 Å². The van der Waals surface area contributed by atoms with Crippen LogP contribution in [0.2, 0.25) is 0 Å².